The van der Waals surface area contributed by atoms with Gasteiger partial charge in [0.25, 0.3) is 5.91 Å². The van der Waals surface area contributed by atoms with Gasteiger partial charge < -0.3 is 35.8 Å². The molecule has 298 valence electrons. The molecule has 4 rings (SSSR count). The number of likely N-dealkylation sites (tertiary alicyclic amines) is 1. The minimum absolute atomic E-state index is 0.0473. The number of hydrogen-bond donors (Lipinski definition) is 4. The van der Waals surface area contributed by atoms with E-state index in [0.29, 0.717) is 18.5 Å². The lowest BCUT2D eigenvalue weighted by atomic mass is 9.70. The van der Waals surface area contributed by atoms with Gasteiger partial charge in [-0.05, 0) is 53.4 Å². The molecule has 0 radical (unpaired) electrons. The second-order valence-corrected chi connectivity index (χ2v) is 16.7. The van der Waals surface area contributed by atoms with E-state index >= 15 is 0 Å². The maximum Gasteiger partial charge on any atom is 0.407 e. The van der Waals surface area contributed by atoms with Gasteiger partial charge in [-0.2, -0.15) is 0 Å². The number of nitrogens with zero attached hydrogens (tertiary/aromatic N) is 2. The van der Waals surface area contributed by atoms with E-state index in [9.17, 15) is 33.6 Å². The van der Waals surface area contributed by atoms with Crippen molar-refractivity contribution >= 4 is 41.4 Å². The molecular weight excluding hydrogens is 692 g/mol. The summed E-state index contributed by atoms with van der Waals surface area (Å²) in [4.78, 5) is 97.0. The summed E-state index contributed by atoms with van der Waals surface area (Å²) in [5, 5.41) is 10.6. The second-order valence-electron chi connectivity index (χ2n) is 16.7. The molecule has 2 aliphatic carbocycles. The summed E-state index contributed by atoms with van der Waals surface area (Å²) in [7, 11) is 3.13. The van der Waals surface area contributed by atoms with Crippen LogP contribution in [0, 0.1) is 28.6 Å². The Bertz CT molecular complexity index is 1560. The van der Waals surface area contributed by atoms with Crippen molar-refractivity contribution in [3.05, 3.63) is 35.9 Å². The van der Waals surface area contributed by atoms with Gasteiger partial charge in [0.2, 0.25) is 29.4 Å². The molecule has 54 heavy (non-hydrogen) atoms. The van der Waals surface area contributed by atoms with Crippen LogP contribution >= 0.6 is 0 Å². The number of carbonyl (C=O) groups excluding carboxylic acids is 7. The molecule has 6 amide bonds. The normalized spacial score (nSPS) is 22.5. The van der Waals surface area contributed by atoms with Gasteiger partial charge in [0.1, 0.15) is 18.1 Å². The third-order valence-electron chi connectivity index (χ3n) is 11.5. The minimum Gasteiger partial charge on any atom is -0.449 e. The van der Waals surface area contributed by atoms with Crippen LogP contribution in [0.5, 0.6) is 0 Å². The number of ether oxygens (including phenoxy) is 1. The predicted molar refractivity (Wildman–Crippen MR) is 201 cm³/mol. The summed E-state index contributed by atoms with van der Waals surface area (Å²) in [5.41, 5.74) is -0.214. The van der Waals surface area contributed by atoms with Crippen molar-refractivity contribution in [2.45, 2.75) is 111 Å². The van der Waals surface area contributed by atoms with Gasteiger partial charge in [0.05, 0.1) is 19.2 Å². The monoisotopic (exact) mass is 752 g/mol. The van der Waals surface area contributed by atoms with Gasteiger partial charge in [-0.3, -0.25) is 28.8 Å². The number of alkyl carbamates (subject to hydrolysis) is 1. The van der Waals surface area contributed by atoms with Crippen LogP contribution in [0.3, 0.4) is 0 Å². The topological polar surface area (TPSA) is 183 Å². The molecule has 0 aromatic heterocycles. The summed E-state index contributed by atoms with van der Waals surface area (Å²) in [5.74, 6) is -3.94. The zero-order chi connectivity index (χ0) is 40.0. The van der Waals surface area contributed by atoms with E-state index in [0.717, 1.165) is 32.1 Å². The lowest BCUT2D eigenvalue weighted by molar-refractivity contribution is -0.146. The highest BCUT2D eigenvalue weighted by Crippen LogP contribution is 2.65. The summed E-state index contributed by atoms with van der Waals surface area (Å²) in [6, 6.07) is 4.64. The number of amides is 6. The Hall–Kier alpha value is -4.49. The molecule has 1 heterocycles. The van der Waals surface area contributed by atoms with Crippen LogP contribution in [-0.4, -0.2) is 103 Å². The molecule has 1 aliphatic heterocycles. The molecule has 1 aromatic rings. The maximum absolute atomic E-state index is 14.5. The van der Waals surface area contributed by atoms with Crippen LogP contribution in [0.1, 0.15) is 98.1 Å². The van der Waals surface area contributed by atoms with Gasteiger partial charge in [-0.15, -0.1) is 0 Å². The van der Waals surface area contributed by atoms with Crippen molar-refractivity contribution in [3.63, 3.8) is 0 Å². The SMILES string of the molecule is CCC[C@@H](NC(=O)[C@@H]1[C@H]2[C@H](CN1C(=O)[C@@H](NC(=O)OCC(C)C)C1(C)CCCCC1)C2(C)C)C(=O)C(=O)NCC(=O)N[C@H](C(=O)N(C)C)c1ccccc1. The zero-order valence-electron chi connectivity index (χ0n) is 33.2. The smallest absolute Gasteiger partial charge is 0.407 e. The Morgan fingerprint density at radius 1 is 0.926 bits per heavy atom. The van der Waals surface area contributed by atoms with E-state index in [1.165, 1.54) is 4.90 Å². The summed E-state index contributed by atoms with van der Waals surface area (Å²) in [6.45, 7) is 11.7. The quantitative estimate of drug-likeness (QED) is 0.186. The van der Waals surface area contributed by atoms with Gasteiger partial charge in [0.15, 0.2) is 0 Å². The summed E-state index contributed by atoms with van der Waals surface area (Å²) < 4.78 is 5.42. The number of ketones is 1. The van der Waals surface area contributed by atoms with Gasteiger partial charge in [0, 0.05) is 20.6 Å². The Morgan fingerprint density at radius 2 is 1.57 bits per heavy atom. The molecule has 3 aliphatic rings. The Kier molecular flexibility index (Phi) is 13.9. The molecule has 0 spiro atoms. The van der Waals surface area contributed by atoms with Crippen molar-refractivity contribution in [2.75, 3.05) is 33.8 Å². The average Bonchev–Trinajstić information content (AvgIpc) is 3.43. The standard InChI is InChI=1S/C40H60N6O8/c1-9-16-27(32(48)35(50)41-21-28(47)43-30(36(51)45(7)8)25-17-12-10-13-18-25)42-34(49)31-29-26(39(29,4)5)22-46(31)37(52)33(40(6)19-14-11-15-20-40)44-38(53)54-23-24(2)3/h10,12-13,17-18,24,26-27,29-31,33H,9,11,14-16,19-23H2,1-8H3,(H,41,50)(H,42,49)(H,43,47)(H,44,53)/t26-,27+,29+,30-,31-,33+/m0/s1. The molecule has 6 atom stereocenters. The van der Waals surface area contributed by atoms with Gasteiger partial charge >= 0.3 is 6.09 Å². The molecule has 1 aromatic carbocycles. The van der Waals surface area contributed by atoms with E-state index in [4.69, 9.17) is 4.74 Å². The Balaban J connectivity index is 1.47. The van der Waals surface area contributed by atoms with Crippen molar-refractivity contribution in [2.24, 2.45) is 28.6 Å². The first kappa shape index (κ1) is 42.3. The molecular formula is C40H60N6O8. The van der Waals surface area contributed by atoms with Crippen molar-refractivity contribution in [3.8, 4) is 0 Å². The first-order chi connectivity index (χ1) is 25.4. The molecule has 0 bridgehead atoms. The van der Waals surface area contributed by atoms with Crippen LogP contribution in [0.25, 0.3) is 0 Å². The van der Waals surface area contributed by atoms with E-state index in [-0.39, 0.29) is 48.0 Å². The fourth-order valence-corrected chi connectivity index (χ4v) is 8.19. The highest BCUT2D eigenvalue weighted by atomic mass is 16.5. The van der Waals surface area contributed by atoms with E-state index in [1.54, 1.807) is 49.3 Å². The third kappa shape index (κ3) is 9.78. The molecule has 14 nitrogen and oxygen atoms in total. The molecule has 0 unspecified atom stereocenters. The highest BCUT2D eigenvalue weighted by molar-refractivity contribution is 6.38. The second kappa shape index (κ2) is 17.8. The average molecular weight is 753 g/mol. The Morgan fingerprint density at radius 3 is 2.17 bits per heavy atom. The first-order valence-electron chi connectivity index (χ1n) is 19.3. The zero-order valence-corrected chi connectivity index (χ0v) is 33.2. The third-order valence-corrected chi connectivity index (χ3v) is 11.5. The molecule has 1 saturated heterocycles. The number of piperidine rings is 1. The predicted octanol–water partition coefficient (Wildman–Crippen LogP) is 3.11. The lowest BCUT2D eigenvalue weighted by Crippen LogP contribution is -2.61. The fourth-order valence-electron chi connectivity index (χ4n) is 8.19. The number of fused-ring (bicyclic) bond motifs is 1. The summed E-state index contributed by atoms with van der Waals surface area (Å²) >= 11 is 0. The molecule has 4 N–H and O–H groups in total. The number of Topliss-reactive ketones (excluding diaryl/α,β-unsaturated/α-hetero) is 1. The van der Waals surface area contributed by atoms with Crippen LogP contribution in [0.4, 0.5) is 4.79 Å². The fraction of sp³-hybridized carbons (Fsp3) is 0.675. The van der Waals surface area contributed by atoms with E-state index in [1.807, 2.05) is 41.5 Å². The molecule has 3 fully saturated rings. The van der Waals surface area contributed by atoms with Crippen LogP contribution in [-0.2, 0) is 33.5 Å². The van der Waals surface area contributed by atoms with Crippen LogP contribution < -0.4 is 21.3 Å². The highest BCUT2D eigenvalue weighted by Gasteiger charge is 2.70. The maximum atomic E-state index is 14.5. The van der Waals surface area contributed by atoms with E-state index < -0.39 is 65.7 Å². The van der Waals surface area contributed by atoms with Gasteiger partial charge in [-0.25, -0.2) is 4.79 Å². The molecule has 14 heteroatoms. The lowest BCUT2D eigenvalue weighted by Gasteiger charge is -2.43. The largest absolute Gasteiger partial charge is 0.449 e. The van der Waals surface area contributed by atoms with Crippen molar-refractivity contribution in [1.82, 2.24) is 31.1 Å². The van der Waals surface area contributed by atoms with Crippen LogP contribution in [0.15, 0.2) is 30.3 Å². The number of hydrogen-bond acceptors (Lipinski definition) is 8. The molecule has 2 saturated carbocycles. The Labute approximate surface area is 319 Å². The van der Waals surface area contributed by atoms with E-state index in [2.05, 4.69) is 21.3 Å². The van der Waals surface area contributed by atoms with Crippen LogP contribution in [0.2, 0.25) is 0 Å². The number of carbonyl (C=O) groups is 7. The number of likely N-dealkylation sites (N-methyl/N-ethyl adjacent to an activating group) is 1. The first-order valence-corrected chi connectivity index (χ1v) is 19.3. The van der Waals surface area contributed by atoms with Crippen molar-refractivity contribution in [1.29, 1.82) is 0 Å². The number of rotatable bonds is 16. The van der Waals surface area contributed by atoms with Gasteiger partial charge in [-0.1, -0.05) is 97.6 Å². The van der Waals surface area contributed by atoms with Crippen molar-refractivity contribution < 1.29 is 38.3 Å². The summed E-state index contributed by atoms with van der Waals surface area (Å²) in [6.07, 6.45) is 4.27. The number of benzene rings is 1. The minimum atomic E-state index is -1.20. The number of nitrogens with one attached hydrogen (secondary N) is 4.